The van der Waals surface area contributed by atoms with Crippen LogP contribution in [0.25, 0.3) is 10.4 Å². The molecule has 1 rings (SSSR count). The molecule has 1 N–H and O–H groups in total. The van der Waals surface area contributed by atoms with Crippen molar-refractivity contribution in [3.05, 3.63) is 10.4 Å². The van der Waals surface area contributed by atoms with Gasteiger partial charge in [-0.1, -0.05) is 5.11 Å². The molecule has 13 heavy (non-hydrogen) atoms. The molecule has 6 heteroatoms. The van der Waals surface area contributed by atoms with E-state index in [2.05, 4.69) is 10.0 Å². The zero-order valence-corrected chi connectivity index (χ0v) is 7.63. The lowest BCUT2D eigenvalue weighted by Crippen LogP contribution is -2.25. The van der Waals surface area contributed by atoms with Gasteiger partial charge in [-0.2, -0.15) is 0 Å². The van der Waals surface area contributed by atoms with Crippen molar-refractivity contribution in [2.75, 3.05) is 33.3 Å². The van der Waals surface area contributed by atoms with E-state index in [1.807, 2.05) is 4.90 Å². The van der Waals surface area contributed by atoms with E-state index in [1.54, 1.807) is 7.11 Å². The second kappa shape index (κ2) is 5.04. The molecular weight excluding hydrogens is 172 g/mol. The van der Waals surface area contributed by atoms with E-state index in [0.29, 0.717) is 26.2 Å². The Morgan fingerprint density at radius 1 is 1.69 bits per heavy atom. The Balaban J connectivity index is 2.27. The van der Waals surface area contributed by atoms with Gasteiger partial charge >= 0.3 is 0 Å². The maximum Gasteiger partial charge on any atom is 0.0969 e. The number of ether oxygens (including phenoxy) is 1. The lowest BCUT2D eigenvalue weighted by molar-refractivity contribution is 0.0215. The summed E-state index contributed by atoms with van der Waals surface area (Å²) in [5.74, 6) is 0. The number of aliphatic hydroxyl groups excluding tert-OH is 1. The van der Waals surface area contributed by atoms with Crippen LogP contribution in [0.15, 0.2) is 5.11 Å². The number of azide groups is 1. The molecule has 0 saturated carbocycles. The molecule has 0 aromatic carbocycles. The summed E-state index contributed by atoms with van der Waals surface area (Å²) in [6.07, 6.45) is -0.526. The molecule has 0 unspecified atom stereocenters. The van der Waals surface area contributed by atoms with E-state index in [4.69, 9.17) is 10.3 Å². The summed E-state index contributed by atoms with van der Waals surface area (Å²) in [5.41, 5.74) is 8.06. The van der Waals surface area contributed by atoms with E-state index < -0.39 is 6.10 Å². The predicted molar refractivity (Wildman–Crippen MR) is 47.3 cm³/mol. The molecule has 1 heterocycles. The number of hydrogen-bond acceptors (Lipinski definition) is 4. The van der Waals surface area contributed by atoms with Crippen molar-refractivity contribution in [1.82, 2.24) is 4.90 Å². The van der Waals surface area contributed by atoms with E-state index >= 15 is 0 Å². The molecule has 1 aliphatic heterocycles. The third-order valence-electron chi connectivity index (χ3n) is 2.19. The Labute approximate surface area is 76.7 Å². The minimum absolute atomic E-state index is 0.105. The van der Waals surface area contributed by atoms with Crippen LogP contribution in [-0.4, -0.2) is 55.5 Å². The van der Waals surface area contributed by atoms with Crippen LogP contribution in [0.3, 0.4) is 0 Å². The molecule has 0 radical (unpaired) electrons. The van der Waals surface area contributed by atoms with Crippen molar-refractivity contribution in [1.29, 1.82) is 0 Å². The van der Waals surface area contributed by atoms with Crippen molar-refractivity contribution < 1.29 is 9.84 Å². The zero-order valence-electron chi connectivity index (χ0n) is 7.63. The number of aliphatic hydroxyl groups is 1. The molecule has 1 saturated heterocycles. The summed E-state index contributed by atoms with van der Waals surface area (Å²) >= 11 is 0. The van der Waals surface area contributed by atoms with Crippen LogP contribution in [-0.2, 0) is 4.74 Å². The third kappa shape index (κ3) is 2.86. The number of likely N-dealkylation sites (tertiary alicyclic amines) is 1. The lowest BCUT2D eigenvalue weighted by Gasteiger charge is -2.12. The number of nitrogens with zero attached hydrogens (tertiary/aromatic N) is 4. The van der Waals surface area contributed by atoms with Crippen LogP contribution in [0.2, 0.25) is 0 Å². The Kier molecular flexibility index (Phi) is 3.98. The second-order valence-electron chi connectivity index (χ2n) is 3.06. The van der Waals surface area contributed by atoms with Crippen molar-refractivity contribution in [2.45, 2.75) is 12.2 Å². The minimum Gasteiger partial charge on any atom is -0.389 e. The molecule has 0 aromatic heterocycles. The molecule has 2 atom stereocenters. The average Bonchev–Trinajstić information content (AvgIpc) is 2.47. The summed E-state index contributed by atoms with van der Waals surface area (Å²) in [4.78, 5) is 4.68. The fourth-order valence-corrected chi connectivity index (χ4v) is 1.48. The smallest absolute Gasteiger partial charge is 0.0969 e. The largest absolute Gasteiger partial charge is 0.389 e. The standard InChI is InChI=1S/C7H14N4O2/c1-13-7-5-11(4-6(7)12)3-2-9-10-8/h6-7,12H,2-5H2,1H3/t6-,7-/m1/s1. The second-order valence-corrected chi connectivity index (χ2v) is 3.06. The molecule has 0 amide bonds. The van der Waals surface area contributed by atoms with Gasteiger partial charge in [-0.15, -0.1) is 0 Å². The van der Waals surface area contributed by atoms with Gasteiger partial charge in [0.2, 0.25) is 0 Å². The van der Waals surface area contributed by atoms with Gasteiger partial charge in [0, 0.05) is 38.2 Å². The highest BCUT2D eigenvalue weighted by Gasteiger charge is 2.30. The first-order valence-electron chi connectivity index (χ1n) is 4.22. The van der Waals surface area contributed by atoms with E-state index in [1.165, 1.54) is 0 Å². The number of hydrogen-bond donors (Lipinski definition) is 1. The van der Waals surface area contributed by atoms with Crippen LogP contribution in [0.1, 0.15) is 0 Å². The van der Waals surface area contributed by atoms with E-state index in [-0.39, 0.29) is 6.10 Å². The minimum atomic E-state index is -0.420. The summed E-state index contributed by atoms with van der Waals surface area (Å²) in [6, 6.07) is 0. The highest BCUT2D eigenvalue weighted by Crippen LogP contribution is 2.11. The molecule has 1 fully saturated rings. The first-order valence-corrected chi connectivity index (χ1v) is 4.22. The summed E-state index contributed by atoms with van der Waals surface area (Å²) in [7, 11) is 1.59. The predicted octanol–water partition coefficient (Wildman–Crippen LogP) is -0.0118. The fourth-order valence-electron chi connectivity index (χ4n) is 1.48. The first-order chi connectivity index (χ1) is 6.27. The van der Waals surface area contributed by atoms with E-state index in [9.17, 15) is 5.11 Å². The van der Waals surface area contributed by atoms with Gasteiger partial charge in [0.1, 0.15) is 0 Å². The molecule has 6 nitrogen and oxygen atoms in total. The van der Waals surface area contributed by atoms with Gasteiger partial charge in [-0.3, -0.25) is 4.90 Å². The Morgan fingerprint density at radius 2 is 2.46 bits per heavy atom. The van der Waals surface area contributed by atoms with Gasteiger partial charge in [0.15, 0.2) is 0 Å². The van der Waals surface area contributed by atoms with E-state index in [0.717, 1.165) is 0 Å². The van der Waals surface area contributed by atoms with Gasteiger partial charge in [0.25, 0.3) is 0 Å². The number of rotatable bonds is 4. The number of methoxy groups -OCH3 is 1. The molecule has 0 spiro atoms. The van der Waals surface area contributed by atoms with Crippen LogP contribution < -0.4 is 0 Å². The molecule has 74 valence electrons. The van der Waals surface area contributed by atoms with Crippen LogP contribution in [0.5, 0.6) is 0 Å². The molecule has 1 aliphatic rings. The molecule has 0 aliphatic carbocycles. The van der Waals surface area contributed by atoms with Crippen molar-refractivity contribution in [2.24, 2.45) is 5.11 Å². The third-order valence-corrected chi connectivity index (χ3v) is 2.19. The zero-order chi connectivity index (χ0) is 9.68. The van der Waals surface area contributed by atoms with Crippen molar-refractivity contribution >= 4 is 0 Å². The Morgan fingerprint density at radius 3 is 3.00 bits per heavy atom. The lowest BCUT2D eigenvalue weighted by atomic mass is 10.3. The van der Waals surface area contributed by atoms with Gasteiger partial charge in [-0.05, 0) is 5.53 Å². The Hall–Kier alpha value is -0.810. The highest BCUT2D eigenvalue weighted by molar-refractivity contribution is 4.84. The first kappa shape index (κ1) is 10.3. The molecule has 0 aromatic rings. The highest BCUT2D eigenvalue weighted by atomic mass is 16.5. The van der Waals surface area contributed by atoms with Crippen LogP contribution >= 0.6 is 0 Å². The molecule has 0 bridgehead atoms. The van der Waals surface area contributed by atoms with Gasteiger partial charge in [0.05, 0.1) is 12.2 Å². The van der Waals surface area contributed by atoms with Crippen molar-refractivity contribution in [3.8, 4) is 0 Å². The summed E-state index contributed by atoms with van der Waals surface area (Å²) < 4.78 is 5.06. The number of β-amino-alcohol motifs (C(OH)–C–C–N with tert-alkyl or cyclic N) is 1. The Bertz CT molecular complexity index is 205. The average molecular weight is 186 g/mol. The monoisotopic (exact) mass is 186 g/mol. The maximum atomic E-state index is 9.45. The quantitative estimate of drug-likeness (QED) is 0.381. The van der Waals surface area contributed by atoms with Crippen molar-refractivity contribution in [3.63, 3.8) is 0 Å². The normalized spacial score (nSPS) is 28.8. The van der Waals surface area contributed by atoms with Gasteiger partial charge < -0.3 is 9.84 Å². The summed E-state index contributed by atoms with van der Waals surface area (Å²) in [6.45, 7) is 2.43. The SMILES string of the molecule is CO[C@@H]1CN(CCN=[N+]=[N-])C[C@H]1O. The van der Waals surface area contributed by atoms with Crippen LogP contribution in [0.4, 0.5) is 0 Å². The van der Waals surface area contributed by atoms with Crippen LogP contribution in [0, 0.1) is 0 Å². The fraction of sp³-hybridized carbons (Fsp3) is 1.00. The molecular formula is C7H14N4O2. The topological polar surface area (TPSA) is 81.5 Å². The maximum absolute atomic E-state index is 9.45. The van der Waals surface area contributed by atoms with Gasteiger partial charge in [-0.25, -0.2) is 0 Å². The summed E-state index contributed by atoms with van der Waals surface area (Å²) in [5, 5.41) is 12.9.